The molecule has 0 heterocycles. The number of unbranched alkanes of at least 4 members (excludes halogenated alkanes) is 5. The lowest BCUT2D eigenvalue weighted by Crippen LogP contribution is -2.22. The molecule has 2 rings (SSSR count). The van der Waals surface area contributed by atoms with Crippen molar-refractivity contribution in [3.63, 3.8) is 0 Å². The first-order valence-corrected chi connectivity index (χ1v) is 17.2. The number of rotatable bonds is 19. The number of amidine groups is 1. The van der Waals surface area contributed by atoms with Crippen molar-refractivity contribution < 1.29 is 9.59 Å². The predicted octanol–water partition coefficient (Wildman–Crippen LogP) is 2.48. The number of hydrogen-bond donors (Lipinski definition) is 9. The third-order valence-corrected chi connectivity index (χ3v) is 7.47. The summed E-state index contributed by atoms with van der Waals surface area (Å²) in [7, 11) is 0. The molecular weight excluding hydrogens is 691 g/mol. The number of anilines is 2. The summed E-state index contributed by atoms with van der Waals surface area (Å²) in [6.07, 6.45) is 5.70. The average Bonchev–Trinajstić information content (AvgIpc) is 3.11. The monoisotopic (exact) mass is 743 g/mol. The molecule has 0 radical (unpaired) electrons. The highest BCUT2D eigenvalue weighted by Gasteiger charge is 2.12. The number of amides is 2. The summed E-state index contributed by atoms with van der Waals surface area (Å²) in [5.41, 5.74) is 44.1. The number of hydrogen-bond acceptors (Lipinski definition) is 10. The second kappa shape index (κ2) is 22.3. The lowest BCUT2D eigenvalue weighted by Gasteiger charge is -2.11. The average molecular weight is 744 g/mol. The van der Waals surface area contributed by atoms with Crippen LogP contribution in [0.15, 0.2) is 77.2 Å². The fraction of sp³-hybridized carbons (Fsp3) is 0.371. The number of nitrogens with zero attached hydrogens (tertiary/aromatic N) is 8. The number of guanidine groups is 3. The molecule has 54 heavy (non-hydrogen) atoms. The second-order valence-electron chi connectivity index (χ2n) is 12.4. The van der Waals surface area contributed by atoms with Crippen molar-refractivity contribution in [2.45, 2.75) is 86.0 Å². The van der Waals surface area contributed by atoms with Crippen LogP contribution in [0, 0.1) is 0 Å². The number of nitrogens with one attached hydrogen (secondary N) is 2. The van der Waals surface area contributed by atoms with Gasteiger partial charge in [-0.15, -0.1) is 20.4 Å². The molecule has 0 aliphatic rings. The lowest BCUT2D eigenvalue weighted by molar-refractivity contribution is -0.117. The highest BCUT2D eigenvalue weighted by atomic mass is 16.2. The summed E-state index contributed by atoms with van der Waals surface area (Å²) in [5.74, 6) is -0.483. The maximum absolute atomic E-state index is 12.8. The Morgan fingerprint density at radius 1 is 0.426 bits per heavy atom. The second-order valence-corrected chi connectivity index (χ2v) is 12.4. The summed E-state index contributed by atoms with van der Waals surface area (Å²) in [6.45, 7) is 8.63. The summed E-state index contributed by atoms with van der Waals surface area (Å²) in [4.78, 5) is 25.7. The van der Waals surface area contributed by atoms with Gasteiger partial charge in [-0.2, -0.15) is 20.4 Å². The Bertz CT molecular complexity index is 1630. The molecule has 0 aliphatic carbocycles. The molecule has 0 saturated carbocycles. The van der Waals surface area contributed by atoms with Crippen molar-refractivity contribution in [1.82, 2.24) is 0 Å². The Kier molecular flexibility index (Phi) is 18.0. The standard InChI is InChI=1S/C35H53N17O2/c1-20(45-49-24(5)36)25-14-26(21(2)46-50-33(37)38)17-29(16-25)43-31(53)12-10-8-6-7-9-11-13-32(54)44-30-18-27(22(3)47-51-34(39)40)15-28(19-30)23(4)48-52-35(41)42/h14-19H,6-13H2,1-5H3,(H2,36,49)(H,43,53)(H,44,54)(H4,37,38,50)(H4,39,40,51)(H4,41,42,52)/b45-20-,46-21-,47-22-,48-23-. The van der Waals surface area contributed by atoms with E-state index in [1.165, 1.54) is 0 Å². The summed E-state index contributed by atoms with van der Waals surface area (Å²) >= 11 is 0. The van der Waals surface area contributed by atoms with Crippen molar-refractivity contribution in [2.24, 2.45) is 80.9 Å². The van der Waals surface area contributed by atoms with Gasteiger partial charge < -0.3 is 50.8 Å². The number of nitrogens with two attached hydrogens (primary N) is 7. The maximum Gasteiger partial charge on any atom is 0.224 e. The molecule has 0 spiro atoms. The third-order valence-electron chi connectivity index (χ3n) is 7.47. The molecule has 0 bridgehead atoms. The largest absolute Gasteiger partial charge is 0.386 e. The van der Waals surface area contributed by atoms with E-state index < -0.39 is 0 Å². The van der Waals surface area contributed by atoms with Crippen molar-refractivity contribution in [1.29, 1.82) is 0 Å². The van der Waals surface area contributed by atoms with Crippen LogP contribution in [0.25, 0.3) is 0 Å². The molecule has 2 amide bonds. The van der Waals surface area contributed by atoms with Gasteiger partial charge in [-0.05, 0) is 83.9 Å². The van der Waals surface area contributed by atoms with E-state index in [9.17, 15) is 9.59 Å². The minimum Gasteiger partial charge on any atom is -0.386 e. The fourth-order valence-electron chi connectivity index (χ4n) is 4.74. The maximum atomic E-state index is 12.8. The molecule has 0 saturated heterocycles. The summed E-state index contributed by atoms with van der Waals surface area (Å²) < 4.78 is 0. The van der Waals surface area contributed by atoms with Crippen LogP contribution in [0.1, 0.15) is 108 Å². The zero-order chi connectivity index (χ0) is 40.2. The molecule has 19 nitrogen and oxygen atoms in total. The highest BCUT2D eigenvalue weighted by molar-refractivity contribution is 6.07. The van der Waals surface area contributed by atoms with Crippen LogP contribution >= 0.6 is 0 Å². The van der Waals surface area contributed by atoms with Crippen LogP contribution in [-0.4, -0.2) is 58.4 Å². The first-order chi connectivity index (χ1) is 25.5. The minimum atomic E-state index is -0.183. The van der Waals surface area contributed by atoms with Gasteiger partial charge in [0.05, 0.1) is 22.8 Å². The van der Waals surface area contributed by atoms with E-state index in [2.05, 4.69) is 51.4 Å². The molecular formula is C35H53N17O2. The van der Waals surface area contributed by atoms with Crippen molar-refractivity contribution in [3.05, 3.63) is 58.7 Å². The van der Waals surface area contributed by atoms with Gasteiger partial charge in [-0.25, -0.2) is 0 Å². The van der Waals surface area contributed by atoms with Gasteiger partial charge in [0.2, 0.25) is 29.7 Å². The van der Waals surface area contributed by atoms with E-state index in [1.807, 2.05) is 12.1 Å². The van der Waals surface area contributed by atoms with E-state index in [0.717, 1.165) is 25.7 Å². The lowest BCUT2D eigenvalue weighted by atomic mass is 10.0. The molecule has 290 valence electrons. The van der Waals surface area contributed by atoms with Crippen molar-refractivity contribution >= 4 is 69.8 Å². The zero-order valence-corrected chi connectivity index (χ0v) is 31.6. The smallest absolute Gasteiger partial charge is 0.224 e. The van der Waals surface area contributed by atoms with Gasteiger partial charge >= 0.3 is 0 Å². The Balaban J connectivity index is 1.91. The van der Waals surface area contributed by atoms with E-state index in [0.29, 0.717) is 88.0 Å². The molecule has 0 atom stereocenters. The van der Waals surface area contributed by atoms with E-state index >= 15 is 0 Å². The van der Waals surface area contributed by atoms with Gasteiger partial charge in [0.15, 0.2) is 0 Å². The molecule has 0 aliphatic heterocycles. The van der Waals surface area contributed by atoms with Crippen molar-refractivity contribution in [2.75, 3.05) is 10.6 Å². The summed E-state index contributed by atoms with van der Waals surface area (Å²) in [5, 5.41) is 37.2. The first-order valence-electron chi connectivity index (χ1n) is 17.2. The van der Waals surface area contributed by atoms with E-state index in [1.54, 1.807) is 58.9 Å². The quantitative estimate of drug-likeness (QED) is 0.0441. The van der Waals surface area contributed by atoms with Crippen LogP contribution in [0.4, 0.5) is 11.4 Å². The Hall–Kier alpha value is -6.66. The van der Waals surface area contributed by atoms with Gasteiger partial charge in [-0.3, -0.25) is 9.59 Å². The topological polar surface area (TPSA) is 339 Å². The predicted molar refractivity (Wildman–Crippen MR) is 221 cm³/mol. The van der Waals surface area contributed by atoms with Gasteiger partial charge in [0.25, 0.3) is 0 Å². The first kappa shape index (κ1) is 43.5. The van der Waals surface area contributed by atoms with Gasteiger partial charge in [0, 0.05) is 46.5 Å². The van der Waals surface area contributed by atoms with Gasteiger partial charge in [0.1, 0.15) is 5.84 Å². The Morgan fingerprint density at radius 3 is 0.981 bits per heavy atom. The molecule has 16 N–H and O–H groups in total. The minimum absolute atomic E-state index is 0.123. The third kappa shape index (κ3) is 17.0. The Morgan fingerprint density at radius 2 is 0.704 bits per heavy atom. The molecule has 2 aromatic carbocycles. The molecule has 19 heteroatoms. The summed E-state index contributed by atoms with van der Waals surface area (Å²) in [6, 6.07) is 10.8. The highest BCUT2D eigenvalue weighted by Crippen LogP contribution is 2.20. The molecule has 2 aromatic rings. The SMILES string of the molecule is CC(N)=N/N=C(/C)c1cc(NC(=O)CCCCCCCCC(=O)Nc2cc(/C(C)=N\N=C(N)N)cc(/C(C)=N\N=C(N)N)c2)cc(/C(C)=N\N=C(N)N)c1. The normalized spacial score (nSPS) is 12.5. The molecule has 0 unspecified atom stereocenters. The van der Waals surface area contributed by atoms with E-state index in [-0.39, 0.29) is 29.7 Å². The van der Waals surface area contributed by atoms with Crippen LogP contribution in [0.2, 0.25) is 0 Å². The van der Waals surface area contributed by atoms with Crippen LogP contribution in [-0.2, 0) is 9.59 Å². The van der Waals surface area contributed by atoms with E-state index in [4.69, 9.17) is 40.1 Å². The molecule has 0 aromatic heterocycles. The van der Waals surface area contributed by atoms with Crippen LogP contribution in [0.3, 0.4) is 0 Å². The Labute approximate surface area is 315 Å². The number of benzene rings is 2. The van der Waals surface area contributed by atoms with Crippen molar-refractivity contribution in [3.8, 4) is 0 Å². The molecule has 0 fully saturated rings. The van der Waals surface area contributed by atoms with Gasteiger partial charge in [-0.1, -0.05) is 25.7 Å². The van der Waals surface area contributed by atoms with Crippen LogP contribution in [0.5, 0.6) is 0 Å². The fourth-order valence-corrected chi connectivity index (χ4v) is 4.74. The number of carbonyl (C=O) groups excluding carboxylic acids is 2. The number of carbonyl (C=O) groups is 2. The zero-order valence-electron chi connectivity index (χ0n) is 31.6. The van der Waals surface area contributed by atoms with Crippen LogP contribution < -0.4 is 50.8 Å².